The zero-order valence-electron chi connectivity index (χ0n) is 21.1. The largest absolute Gasteiger partial charge is 0.460 e. The normalized spacial score (nSPS) is 15.3. The van der Waals surface area contributed by atoms with Crippen LogP contribution in [0.4, 0.5) is 13.2 Å². The predicted octanol–water partition coefficient (Wildman–Crippen LogP) is 7.20. The lowest BCUT2D eigenvalue weighted by Crippen LogP contribution is -2.29. The first-order chi connectivity index (χ1) is 15.7. The molecule has 1 saturated carbocycles. The van der Waals surface area contributed by atoms with Gasteiger partial charge in [-0.15, -0.1) is 0 Å². The maximum Gasteiger partial charge on any atom is 0.422 e. The van der Waals surface area contributed by atoms with E-state index in [1.807, 2.05) is 26.8 Å². The summed E-state index contributed by atoms with van der Waals surface area (Å²) in [5.41, 5.74) is 0.861. The monoisotopic (exact) mass is 493 g/mol. The number of fused-ring (bicyclic) bond motifs is 1. The highest BCUT2D eigenvalue weighted by molar-refractivity contribution is 7.13. The van der Waals surface area contributed by atoms with E-state index < -0.39 is 12.8 Å². The Hall–Kier alpha value is -1.66. The molecule has 3 rings (SSSR count). The maximum atomic E-state index is 12.0. The number of alkyl halides is 3. The van der Waals surface area contributed by atoms with E-state index in [9.17, 15) is 13.2 Å². The summed E-state index contributed by atoms with van der Waals surface area (Å²) in [5.74, 6) is 1.04. The van der Waals surface area contributed by atoms with Crippen LogP contribution in [0, 0.1) is 17.2 Å². The van der Waals surface area contributed by atoms with Crippen molar-refractivity contribution in [3.8, 4) is 11.3 Å². The minimum absolute atomic E-state index is 0.130. The lowest BCUT2D eigenvalue weighted by atomic mass is 9.91. The Morgan fingerprint density at radius 1 is 1.24 bits per heavy atom. The minimum Gasteiger partial charge on any atom is -0.460 e. The summed E-state index contributed by atoms with van der Waals surface area (Å²) < 4.78 is 40.6. The summed E-state index contributed by atoms with van der Waals surface area (Å²) in [6, 6.07) is 1.93. The first-order valence-corrected chi connectivity index (χ1v) is 12.7. The van der Waals surface area contributed by atoms with Crippen molar-refractivity contribution in [1.29, 1.82) is 5.26 Å². The van der Waals surface area contributed by atoms with Gasteiger partial charge in [-0.05, 0) is 25.8 Å². The molecule has 5 nitrogen and oxygen atoms in total. The van der Waals surface area contributed by atoms with E-state index in [-0.39, 0.29) is 5.19 Å². The van der Waals surface area contributed by atoms with Gasteiger partial charge in [0.2, 0.25) is 0 Å². The number of nitriles is 1. The number of aromatic nitrogens is 1. The molecule has 33 heavy (non-hydrogen) atoms. The third-order valence-electron chi connectivity index (χ3n) is 4.65. The Morgan fingerprint density at radius 2 is 1.79 bits per heavy atom. The molecular weight excluding hydrogens is 451 g/mol. The van der Waals surface area contributed by atoms with Gasteiger partial charge in [-0.25, -0.2) is 4.98 Å². The SMILES string of the molecule is CC.CC1CCCCC1.CC=O.CCC#N.CCN1CCc2sc(OCC(F)(F)F)nc2C1. The molecular formula is C24H42F3N3O2S. The maximum absolute atomic E-state index is 12.0. The quantitative estimate of drug-likeness (QED) is 0.417. The number of thiazole rings is 1. The molecule has 1 aliphatic heterocycles. The summed E-state index contributed by atoms with van der Waals surface area (Å²) in [6.45, 7) is 13.0. The zero-order chi connectivity index (χ0) is 25.7. The van der Waals surface area contributed by atoms with Crippen molar-refractivity contribution in [2.45, 2.75) is 99.2 Å². The second-order valence-electron chi connectivity index (χ2n) is 7.36. The number of ether oxygens (including phenoxy) is 1. The van der Waals surface area contributed by atoms with Crippen molar-refractivity contribution >= 4 is 17.6 Å². The van der Waals surface area contributed by atoms with Crippen LogP contribution in [-0.2, 0) is 17.8 Å². The molecule has 1 fully saturated rings. The molecule has 2 aliphatic rings. The summed E-state index contributed by atoms with van der Waals surface area (Å²) in [6.07, 6.45) is 5.35. The Bertz CT molecular complexity index is 640. The van der Waals surface area contributed by atoms with Gasteiger partial charge in [-0.3, -0.25) is 4.90 Å². The van der Waals surface area contributed by atoms with Crippen LogP contribution in [0.2, 0.25) is 0 Å². The number of rotatable bonds is 3. The number of halogens is 3. The van der Waals surface area contributed by atoms with Gasteiger partial charge in [0.15, 0.2) is 6.61 Å². The molecule has 0 spiro atoms. The topological polar surface area (TPSA) is 66.2 Å². The Labute approximate surface area is 202 Å². The Kier molecular flexibility index (Phi) is 21.2. The first kappa shape index (κ1) is 33.5. The van der Waals surface area contributed by atoms with Crippen molar-refractivity contribution in [2.24, 2.45) is 5.92 Å². The highest BCUT2D eigenvalue weighted by Crippen LogP contribution is 2.30. The van der Waals surface area contributed by atoms with Crippen LogP contribution in [0.15, 0.2) is 0 Å². The molecule has 0 atom stereocenters. The van der Waals surface area contributed by atoms with E-state index in [1.54, 1.807) is 0 Å². The molecule has 1 aromatic heterocycles. The number of nitrogens with zero attached hydrogens (tertiary/aromatic N) is 3. The van der Waals surface area contributed by atoms with E-state index in [4.69, 9.17) is 10.1 Å². The van der Waals surface area contributed by atoms with Crippen LogP contribution in [0.25, 0.3) is 0 Å². The van der Waals surface area contributed by atoms with Crippen LogP contribution >= 0.6 is 11.3 Å². The van der Waals surface area contributed by atoms with Gasteiger partial charge >= 0.3 is 6.18 Å². The molecule has 0 unspecified atom stereocenters. The summed E-state index contributed by atoms with van der Waals surface area (Å²) in [4.78, 5) is 16.2. The van der Waals surface area contributed by atoms with Gasteiger partial charge in [0.25, 0.3) is 5.19 Å². The minimum atomic E-state index is -4.30. The number of hydrogen-bond acceptors (Lipinski definition) is 6. The number of likely N-dealkylation sites (N-methyl/N-ethyl adjacent to an activating group) is 1. The third-order valence-corrected chi connectivity index (χ3v) is 5.72. The molecule has 0 amide bonds. The predicted molar refractivity (Wildman–Crippen MR) is 130 cm³/mol. The molecule has 0 saturated heterocycles. The highest BCUT2D eigenvalue weighted by atomic mass is 32.1. The number of aldehydes is 1. The van der Waals surface area contributed by atoms with Gasteiger partial charge in [-0.1, -0.05) is 78.1 Å². The number of hydrogen-bond donors (Lipinski definition) is 0. The van der Waals surface area contributed by atoms with E-state index in [0.717, 1.165) is 42.3 Å². The molecule has 9 heteroatoms. The Balaban J connectivity index is 0. The molecule has 0 radical (unpaired) electrons. The molecule has 1 aliphatic carbocycles. The van der Waals surface area contributed by atoms with Crippen LogP contribution in [0.3, 0.4) is 0 Å². The zero-order valence-corrected chi connectivity index (χ0v) is 21.9. The molecule has 0 bridgehead atoms. The molecule has 0 N–H and O–H groups in total. The number of carbonyl (C=O) groups excluding carboxylic acids is 1. The molecule has 2 heterocycles. The standard InChI is InChI=1S/C10H13F3N2OS.C7H14.C3H5N.C2H4O.C2H6/c1-2-15-4-3-8-7(5-15)14-9(17-8)16-6-10(11,12)13;1-7-5-3-2-4-6-7;1-2-3-4;1-2-3;1-2/h2-6H2,1H3;7H,2-6H2,1H3;2H2,1H3;2H,1H3;1-2H3. The van der Waals surface area contributed by atoms with Gasteiger partial charge in [0.05, 0.1) is 11.8 Å². The fraction of sp³-hybridized carbons (Fsp3) is 0.792. The number of carbonyl (C=O) groups is 1. The second-order valence-corrected chi connectivity index (χ2v) is 8.41. The van der Waals surface area contributed by atoms with Gasteiger partial charge in [0.1, 0.15) is 6.29 Å². The fourth-order valence-corrected chi connectivity index (χ4v) is 3.92. The molecule has 1 aromatic rings. The van der Waals surface area contributed by atoms with Gasteiger partial charge in [-0.2, -0.15) is 18.4 Å². The van der Waals surface area contributed by atoms with Crippen LogP contribution in [0.5, 0.6) is 5.19 Å². The lowest BCUT2D eigenvalue weighted by Gasteiger charge is -2.23. The van der Waals surface area contributed by atoms with Gasteiger partial charge < -0.3 is 9.53 Å². The van der Waals surface area contributed by atoms with Crippen molar-refractivity contribution in [1.82, 2.24) is 9.88 Å². The fourth-order valence-electron chi connectivity index (χ4n) is 3.01. The second kappa shape index (κ2) is 20.9. The first-order valence-electron chi connectivity index (χ1n) is 11.9. The van der Waals surface area contributed by atoms with E-state index in [0.29, 0.717) is 13.0 Å². The average Bonchev–Trinajstić information content (AvgIpc) is 3.22. The van der Waals surface area contributed by atoms with Crippen LogP contribution < -0.4 is 4.74 Å². The van der Waals surface area contributed by atoms with Crippen LogP contribution in [0.1, 0.15) is 90.6 Å². The van der Waals surface area contributed by atoms with Gasteiger partial charge in [0, 0.05) is 24.4 Å². The summed E-state index contributed by atoms with van der Waals surface area (Å²) in [7, 11) is 0. The smallest absolute Gasteiger partial charge is 0.422 e. The van der Waals surface area contributed by atoms with Crippen LogP contribution in [-0.4, -0.2) is 42.0 Å². The van der Waals surface area contributed by atoms with Crippen molar-refractivity contribution in [2.75, 3.05) is 19.7 Å². The third kappa shape index (κ3) is 18.5. The van der Waals surface area contributed by atoms with Crippen molar-refractivity contribution in [3.63, 3.8) is 0 Å². The summed E-state index contributed by atoms with van der Waals surface area (Å²) in [5, 5.41) is 7.75. The van der Waals surface area contributed by atoms with Crippen molar-refractivity contribution < 1.29 is 22.7 Å². The average molecular weight is 494 g/mol. The molecule has 192 valence electrons. The van der Waals surface area contributed by atoms with E-state index in [2.05, 4.69) is 28.5 Å². The molecule has 0 aromatic carbocycles. The highest BCUT2D eigenvalue weighted by Gasteiger charge is 2.29. The van der Waals surface area contributed by atoms with Crippen molar-refractivity contribution in [3.05, 3.63) is 10.6 Å². The van der Waals surface area contributed by atoms with E-state index >= 15 is 0 Å². The lowest BCUT2D eigenvalue weighted by molar-refractivity contribution is -0.153. The Morgan fingerprint density at radius 3 is 2.18 bits per heavy atom. The van der Waals surface area contributed by atoms with E-state index in [1.165, 1.54) is 50.4 Å². The summed E-state index contributed by atoms with van der Waals surface area (Å²) >= 11 is 1.23.